The van der Waals surface area contributed by atoms with Gasteiger partial charge in [0.15, 0.2) is 0 Å². The number of hydrogen-bond donors (Lipinski definition) is 2. The van der Waals surface area contributed by atoms with Crippen molar-refractivity contribution in [1.82, 2.24) is 0 Å². The van der Waals surface area contributed by atoms with E-state index in [4.69, 9.17) is 5.73 Å². The fourth-order valence-electron chi connectivity index (χ4n) is 3.24. The molecule has 1 aromatic rings. The van der Waals surface area contributed by atoms with Gasteiger partial charge in [-0.3, -0.25) is 4.79 Å². The molecule has 0 amide bonds. The summed E-state index contributed by atoms with van der Waals surface area (Å²) >= 11 is 0. The van der Waals surface area contributed by atoms with E-state index in [1.54, 1.807) is 0 Å². The molecule has 0 saturated heterocycles. The Balaban J connectivity index is 2.00. The van der Waals surface area contributed by atoms with Gasteiger partial charge in [-0.2, -0.15) is 0 Å². The van der Waals surface area contributed by atoms with Crippen molar-refractivity contribution in [3.05, 3.63) is 34.9 Å². The van der Waals surface area contributed by atoms with E-state index in [-0.39, 0.29) is 6.04 Å². The molecule has 3 heteroatoms. The Morgan fingerprint density at radius 2 is 2.00 bits per heavy atom. The summed E-state index contributed by atoms with van der Waals surface area (Å²) in [5.41, 5.74) is 8.74. The summed E-state index contributed by atoms with van der Waals surface area (Å²) in [6, 6.07) is 6.23. The number of nitrogens with two attached hydrogens (primary N) is 1. The van der Waals surface area contributed by atoms with Crippen LogP contribution in [0.5, 0.6) is 0 Å². The number of aryl methyl sites for hydroxylation is 2. The first-order valence-electron chi connectivity index (χ1n) is 6.23. The fraction of sp³-hybridized carbons (Fsp3) is 0.500. The molecule has 0 spiro atoms. The van der Waals surface area contributed by atoms with Crippen molar-refractivity contribution in [1.29, 1.82) is 0 Å². The lowest BCUT2D eigenvalue weighted by atomic mass is 9.61. The summed E-state index contributed by atoms with van der Waals surface area (Å²) in [6.07, 6.45) is 4.56. The summed E-state index contributed by atoms with van der Waals surface area (Å²) in [6.45, 7) is 0. The molecule has 0 aromatic heterocycles. The molecule has 3 rings (SSSR count). The van der Waals surface area contributed by atoms with E-state index >= 15 is 0 Å². The highest BCUT2D eigenvalue weighted by Crippen LogP contribution is 2.44. The van der Waals surface area contributed by atoms with Crippen molar-refractivity contribution < 1.29 is 9.90 Å². The summed E-state index contributed by atoms with van der Waals surface area (Å²) in [4.78, 5) is 11.5. The Hall–Kier alpha value is -1.35. The van der Waals surface area contributed by atoms with Gasteiger partial charge in [-0.15, -0.1) is 0 Å². The van der Waals surface area contributed by atoms with Gasteiger partial charge in [0, 0.05) is 6.04 Å². The normalized spacial score (nSPS) is 30.8. The Morgan fingerprint density at radius 1 is 1.29 bits per heavy atom. The second-order valence-electron chi connectivity index (χ2n) is 5.39. The molecule has 1 fully saturated rings. The molecule has 0 radical (unpaired) electrons. The van der Waals surface area contributed by atoms with Crippen LogP contribution < -0.4 is 5.73 Å². The zero-order valence-electron chi connectivity index (χ0n) is 9.78. The van der Waals surface area contributed by atoms with Crippen molar-refractivity contribution in [2.75, 3.05) is 0 Å². The zero-order valence-corrected chi connectivity index (χ0v) is 9.78. The lowest BCUT2D eigenvalue weighted by Crippen LogP contribution is -2.54. The highest BCUT2D eigenvalue weighted by atomic mass is 16.4. The Labute approximate surface area is 101 Å². The predicted molar refractivity (Wildman–Crippen MR) is 65.0 cm³/mol. The molecule has 0 atom stereocenters. The summed E-state index contributed by atoms with van der Waals surface area (Å²) in [7, 11) is 0. The van der Waals surface area contributed by atoms with Gasteiger partial charge in [0.1, 0.15) is 0 Å². The molecule has 3 nitrogen and oxygen atoms in total. The first kappa shape index (κ1) is 10.8. The average Bonchev–Trinajstić information content (AvgIpc) is 2.70. The van der Waals surface area contributed by atoms with Crippen molar-refractivity contribution in [2.24, 2.45) is 5.73 Å². The minimum absolute atomic E-state index is 0.0411. The molecule has 2 aliphatic rings. The third kappa shape index (κ3) is 1.49. The Morgan fingerprint density at radius 3 is 2.65 bits per heavy atom. The molecule has 17 heavy (non-hydrogen) atoms. The van der Waals surface area contributed by atoms with Crippen LogP contribution in [0.4, 0.5) is 0 Å². The van der Waals surface area contributed by atoms with E-state index in [2.05, 4.69) is 12.1 Å². The van der Waals surface area contributed by atoms with Crippen molar-refractivity contribution >= 4 is 5.97 Å². The van der Waals surface area contributed by atoms with Gasteiger partial charge < -0.3 is 10.8 Å². The monoisotopic (exact) mass is 231 g/mol. The maximum absolute atomic E-state index is 11.5. The lowest BCUT2D eigenvalue weighted by molar-refractivity contribution is -0.148. The molecule has 1 aromatic carbocycles. The van der Waals surface area contributed by atoms with Crippen molar-refractivity contribution in [3.8, 4) is 0 Å². The van der Waals surface area contributed by atoms with Gasteiger partial charge in [-0.25, -0.2) is 0 Å². The maximum Gasteiger partial charge on any atom is 0.314 e. The number of hydrogen-bond acceptors (Lipinski definition) is 2. The third-order valence-corrected chi connectivity index (χ3v) is 4.28. The number of carbonyl (C=O) groups is 1. The number of fused-ring (bicyclic) bond motifs is 1. The molecular formula is C14H17NO2. The van der Waals surface area contributed by atoms with Crippen LogP contribution in [0.15, 0.2) is 18.2 Å². The summed E-state index contributed by atoms with van der Waals surface area (Å²) < 4.78 is 0. The van der Waals surface area contributed by atoms with Gasteiger partial charge in [-0.05, 0) is 48.8 Å². The molecule has 2 aliphatic carbocycles. The zero-order chi connectivity index (χ0) is 12.0. The standard InChI is InChI=1S/C14H17NO2/c15-12-7-14(8-12,13(16)17)11-5-4-9-2-1-3-10(9)6-11/h4-6,12H,1-3,7-8,15H2,(H,16,17). The van der Waals surface area contributed by atoms with E-state index in [9.17, 15) is 9.90 Å². The SMILES string of the molecule is NC1CC(C(=O)O)(c2ccc3c(c2)CCC3)C1. The van der Waals surface area contributed by atoms with Crippen molar-refractivity contribution in [2.45, 2.75) is 43.6 Å². The predicted octanol–water partition coefficient (Wildman–Crippen LogP) is 1.62. The fourth-order valence-corrected chi connectivity index (χ4v) is 3.24. The second kappa shape index (κ2) is 3.57. The van der Waals surface area contributed by atoms with Gasteiger partial charge in [0.05, 0.1) is 5.41 Å². The second-order valence-corrected chi connectivity index (χ2v) is 5.39. The van der Waals surface area contributed by atoms with Crippen LogP contribution in [0.3, 0.4) is 0 Å². The minimum Gasteiger partial charge on any atom is -0.481 e. The summed E-state index contributed by atoms with van der Waals surface area (Å²) in [5.74, 6) is -0.725. The first-order valence-corrected chi connectivity index (χ1v) is 6.23. The topological polar surface area (TPSA) is 63.3 Å². The van der Waals surface area contributed by atoms with Crippen LogP contribution in [0.2, 0.25) is 0 Å². The Kier molecular flexibility index (Phi) is 2.26. The van der Waals surface area contributed by atoms with Crippen LogP contribution >= 0.6 is 0 Å². The smallest absolute Gasteiger partial charge is 0.314 e. The van der Waals surface area contributed by atoms with Crippen LogP contribution in [0, 0.1) is 0 Å². The van der Waals surface area contributed by atoms with Gasteiger partial charge >= 0.3 is 5.97 Å². The highest BCUT2D eigenvalue weighted by Gasteiger charge is 2.50. The average molecular weight is 231 g/mol. The van der Waals surface area contributed by atoms with Gasteiger partial charge in [0.2, 0.25) is 0 Å². The van der Waals surface area contributed by atoms with E-state index < -0.39 is 11.4 Å². The van der Waals surface area contributed by atoms with Crippen LogP contribution in [0.1, 0.15) is 36.0 Å². The summed E-state index contributed by atoms with van der Waals surface area (Å²) in [5, 5.41) is 9.45. The largest absolute Gasteiger partial charge is 0.481 e. The molecule has 0 aliphatic heterocycles. The number of carboxylic acids is 1. The number of aliphatic carboxylic acids is 1. The van der Waals surface area contributed by atoms with Gasteiger partial charge in [0.25, 0.3) is 0 Å². The van der Waals surface area contributed by atoms with Crippen molar-refractivity contribution in [3.63, 3.8) is 0 Å². The van der Waals surface area contributed by atoms with Crippen LogP contribution in [-0.2, 0) is 23.1 Å². The van der Waals surface area contributed by atoms with Gasteiger partial charge in [-0.1, -0.05) is 18.2 Å². The van der Waals surface area contributed by atoms with Crippen LogP contribution in [-0.4, -0.2) is 17.1 Å². The first-order chi connectivity index (χ1) is 8.12. The number of rotatable bonds is 2. The molecule has 1 saturated carbocycles. The van der Waals surface area contributed by atoms with E-state index in [1.807, 2.05) is 6.07 Å². The maximum atomic E-state index is 11.5. The molecule has 3 N–H and O–H groups in total. The molecule has 0 bridgehead atoms. The molecule has 0 unspecified atom stereocenters. The van der Waals surface area contributed by atoms with E-state index in [0.29, 0.717) is 12.8 Å². The van der Waals surface area contributed by atoms with E-state index in [1.165, 1.54) is 17.5 Å². The minimum atomic E-state index is -0.725. The third-order valence-electron chi connectivity index (χ3n) is 4.28. The Bertz CT molecular complexity index is 475. The van der Waals surface area contributed by atoms with E-state index in [0.717, 1.165) is 18.4 Å². The molecule has 90 valence electrons. The molecule has 0 heterocycles. The highest BCUT2D eigenvalue weighted by molar-refractivity contribution is 5.83. The number of carboxylic acid groups (broad SMARTS) is 1. The molecular weight excluding hydrogens is 214 g/mol. The number of benzene rings is 1. The lowest BCUT2D eigenvalue weighted by Gasteiger charge is -2.43. The van der Waals surface area contributed by atoms with Crippen LogP contribution in [0.25, 0.3) is 0 Å². The quantitative estimate of drug-likeness (QED) is 0.813.